The van der Waals surface area contributed by atoms with E-state index in [1.54, 1.807) is 0 Å². The van der Waals surface area contributed by atoms with Crippen molar-refractivity contribution in [3.05, 3.63) is 0 Å². The van der Waals surface area contributed by atoms with E-state index in [1.807, 2.05) is 26.8 Å². The minimum atomic E-state index is -2.19. The van der Waals surface area contributed by atoms with E-state index in [0.717, 1.165) is 19.3 Å². The highest BCUT2D eigenvalue weighted by atomic mass is 16.5. The third kappa shape index (κ3) is 4.32. The molecule has 8 atom stereocenters. The summed E-state index contributed by atoms with van der Waals surface area (Å²) in [7, 11) is 0. The standard InChI is InChI=1S/C22H39N3O4/c1-6-8-13(3)9-15(12-26)10-21(5,7-2)19(24)20(27)25-16(11-23)22(28,29)17-14(4)18(17)25/h13-19,26,28-29H,6-10,12,24H2,1-5H3. The zero-order chi connectivity index (χ0) is 22.1. The van der Waals surface area contributed by atoms with Crippen molar-refractivity contribution in [3.63, 3.8) is 0 Å². The first-order chi connectivity index (χ1) is 13.5. The van der Waals surface area contributed by atoms with Gasteiger partial charge < -0.3 is 26.0 Å². The number of amides is 1. The summed E-state index contributed by atoms with van der Waals surface area (Å²) in [5, 5.41) is 40.2. The largest absolute Gasteiger partial charge is 0.396 e. The highest BCUT2D eigenvalue weighted by molar-refractivity contribution is 5.84. The number of hydrogen-bond acceptors (Lipinski definition) is 6. The van der Waals surface area contributed by atoms with Gasteiger partial charge in [0.25, 0.3) is 0 Å². The fourth-order valence-corrected chi connectivity index (χ4v) is 5.51. The molecule has 0 aromatic heterocycles. The normalized spacial score (nSPS) is 32.6. The quantitative estimate of drug-likeness (QED) is 0.405. The van der Waals surface area contributed by atoms with E-state index in [4.69, 9.17) is 5.73 Å². The van der Waals surface area contributed by atoms with Gasteiger partial charge in [-0.05, 0) is 42.4 Å². The van der Waals surface area contributed by atoms with Gasteiger partial charge in [-0.15, -0.1) is 0 Å². The maximum atomic E-state index is 13.4. The lowest BCUT2D eigenvalue weighted by Crippen LogP contribution is -2.58. The summed E-state index contributed by atoms with van der Waals surface area (Å²) in [5.74, 6) is -2.63. The molecular weight excluding hydrogens is 370 g/mol. The van der Waals surface area contributed by atoms with Crippen molar-refractivity contribution in [1.82, 2.24) is 4.90 Å². The van der Waals surface area contributed by atoms with Crippen LogP contribution in [0.5, 0.6) is 0 Å². The molecule has 29 heavy (non-hydrogen) atoms. The van der Waals surface area contributed by atoms with E-state index in [1.165, 1.54) is 4.90 Å². The number of rotatable bonds is 10. The molecule has 0 radical (unpaired) electrons. The fourth-order valence-electron chi connectivity index (χ4n) is 5.51. The van der Waals surface area contributed by atoms with Crippen LogP contribution in [0.25, 0.3) is 0 Å². The van der Waals surface area contributed by atoms with Gasteiger partial charge in [0.1, 0.15) is 0 Å². The van der Waals surface area contributed by atoms with E-state index in [2.05, 4.69) is 13.8 Å². The number of aliphatic hydroxyl groups is 3. The monoisotopic (exact) mass is 409 g/mol. The van der Waals surface area contributed by atoms with E-state index in [9.17, 15) is 25.4 Å². The summed E-state index contributed by atoms with van der Waals surface area (Å²) in [6.07, 6.45) is 4.33. The molecular formula is C22H39N3O4. The molecule has 0 spiro atoms. The zero-order valence-electron chi connectivity index (χ0n) is 18.5. The molecule has 0 aromatic carbocycles. The molecule has 7 heteroatoms. The molecule has 1 saturated heterocycles. The summed E-state index contributed by atoms with van der Waals surface area (Å²) >= 11 is 0. The Morgan fingerprint density at radius 2 is 2.00 bits per heavy atom. The number of piperidine rings is 1. The fraction of sp³-hybridized carbons (Fsp3) is 0.909. The van der Waals surface area contributed by atoms with Gasteiger partial charge >= 0.3 is 0 Å². The van der Waals surface area contributed by atoms with Crippen LogP contribution in [0.3, 0.4) is 0 Å². The summed E-state index contributed by atoms with van der Waals surface area (Å²) in [4.78, 5) is 14.7. The SMILES string of the molecule is CCCC(C)CC(CO)CC(C)(CC)C(N)C(=O)N1C2C(C)C2C(O)(O)C1C#N. The Morgan fingerprint density at radius 1 is 1.38 bits per heavy atom. The predicted octanol–water partition coefficient (Wildman–Crippen LogP) is 1.60. The van der Waals surface area contributed by atoms with Crippen molar-refractivity contribution in [2.45, 2.75) is 90.6 Å². The van der Waals surface area contributed by atoms with Crippen molar-refractivity contribution in [2.75, 3.05) is 6.61 Å². The third-order valence-corrected chi connectivity index (χ3v) is 7.56. The molecule has 2 rings (SSSR count). The van der Waals surface area contributed by atoms with Crippen molar-refractivity contribution in [3.8, 4) is 6.07 Å². The smallest absolute Gasteiger partial charge is 0.241 e. The molecule has 0 bridgehead atoms. The summed E-state index contributed by atoms with van der Waals surface area (Å²) in [6.45, 7) is 10.2. The third-order valence-electron chi connectivity index (χ3n) is 7.56. The molecule has 1 aliphatic heterocycles. The molecule has 166 valence electrons. The highest BCUT2D eigenvalue weighted by Crippen LogP contribution is 2.57. The highest BCUT2D eigenvalue weighted by Gasteiger charge is 2.73. The summed E-state index contributed by atoms with van der Waals surface area (Å²) in [6, 6.07) is -0.635. The van der Waals surface area contributed by atoms with Gasteiger partial charge in [-0.3, -0.25) is 4.79 Å². The number of carbonyl (C=O) groups is 1. The van der Waals surface area contributed by atoms with Crippen LogP contribution >= 0.6 is 0 Å². The number of carbonyl (C=O) groups excluding carboxylic acids is 1. The van der Waals surface area contributed by atoms with Gasteiger partial charge in [-0.2, -0.15) is 5.26 Å². The number of likely N-dealkylation sites (tertiary alicyclic amines) is 1. The second-order valence-corrected chi connectivity index (χ2v) is 9.80. The Balaban J connectivity index is 2.18. The van der Waals surface area contributed by atoms with Crippen molar-refractivity contribution in [1.29, 1.82) is 5.26 Å². The lowest BCUT2D eigenvalue weighted by molar-refractivity contribution is -0.192. The van der Waals surface area contributed by atoms with E-state index >= 15 is 0 Å². The Morgan fingerprint density at radius 3 is 2.48 bits per heavy atom. The van der Waals surface area contributed by atoms with E-state index in [-0.39, 0.29) is 24.5 Å². The van der Waals surface area contributed by atoms with Crippen LogP contribution in [0, 0.1) is 40.4 Å². The van der Waals surface area contributed by atoms with Crippen LogP contribution in [0.1, 0.15) is 66.7 Å². The van der Waals surface area contributed by atoms with Crippen LogP contribution in [0.4, 0.5) is 0 Å². The number of fused-ring (bicyclic) bond motifs is 1. The van der Waals surface area contributed by atoms with Crippen LogP contribution in [0.2, 0.25) is 0 Å². The Kier molecular flexibility index (Phi) is 7.38. The van der Waals surface area contributed by atoms with Gasteiger partial charge in [0.2, 0.25) is 11.7 Å². The predicted molar refractivity (Wildman–Crippen MR) is 110 cm³/mol. The Labute approximate surface area is 174 Å². The lowest BCUT2D eigenvalue weighted by atomic mass is 9.71. The second kappa shape index (κ2) is 8.89. The van der Waals surface area contributed by atoms with E-state index in [0.29, 0.717) is 18.8 Å². The van der Waals surface area contributed by atoms with Gasteiger partial charge in [0, 0.05) is 18.6 Å². The van der Waals surface area contributed by atoms with Crippen LogP contribution < -0.4 is 5.73 Å². The van der Waals surface area contributed by atoms with Gasteiger partial charge in [0.15, 0.2) is 6.04 Å². The molecule has 1 aliphatic carbocycles. The number of nitrogens with zero attached hydrogens (tertiary/aromatic N) is 2. The van der Waals surface area contributed by atoms with Crippen molar-refractivity contribution < 1.29 is 20.1 Å². The topological polar surface area (TPSA) is 131 Å². The molecule has 0 aromatic rings. The molecule has 1 heterocycles. The molecule has 2 aliphatic rings. The van der Waals surface area contributed by atoms with Gasteiger partial charge in [-0.25, -0.2) is 0 Å². The van der Waals surface area contributed by atoms with E-state index < -0.39 is 35.1 Å². The average molecular weight is 410 g/mol. The molecule has 7 nitrogen and oxygen atoms in total. The number of nitriles is 1. The minimum absolute atomic E-state index is 0.0488. The Hall–Kier alpha value is -1.20. The number of aliphatic hydroxyl groups excluding tert-OH is 1. The molecule has 5 N–H and O–H groups in total. The van der Waals surface area contributed by atoms with Crippen LogP contribution in [-0.4, -0.2) is 56.6 Å². The van der Waals surface area contributed by atoms with Gasteiger partial charge in [0.05, 0.1) is 12.1 Å². The first kappa shape index (κ1) is 24.1. The molecule has 1 amide bonds. The molecule has 2 fully saturated rings. The van der Waals surface area contributed by atoms with Crippen LogP contribution in [0.15, 0.2) is 0 Å². The maximum Gasteiger partial charge on any atom is 0.241 e. The van der Waals surface area contributed by atoms with Gasteiger partial charge in [-0.1, -0.05) is 47.5 Å². The Bertz CT molecular complexity index is 634. The maximum absolute atomic E-state index is 13.4. The van der Waals surface area contributed by atoms with Crippen molar-refractivity contribution in [2.24, 2.45) is 34.8 Å². The minimum Gasteiger partial charge on any atom is -0.396 e. The summed E-state index contributed by atoms with van der Waals surface area (Å²) < 4.78 is 0. The summed E-state index contributed by atoms with van der Waals surface area (Å²) in [5.41, 5.74) is 5.91. The van der Waals surface area contributed by atoms with Crippen molar-refractivity contribution >= 4 is 5.91 Å². The number of hydrogen-bond donors (Lipinski definition) is 4. The van der Waals surface area contributed by atoms with Crippen LogP contribution in [-0.2, 0) is 4.79 Å². The average Bonchev–Trinajstić information content (AvgIpc) is 3.27. The molecule has 8 unspecified atom stereocenters. The zero-order valence-corrected chi connectivity index (χ0v) is 18.5. The molecule has 1 saturated carbocycles. The number of nitrogens with two attached hydrogens (primary N) is 1. The first-order valence-electron chi connectivity index (χ1n) is 11.0. The first-order valence-corrected chi connectivity index (χ1v) is 11.0. The second-order valence-electron chi connectivity index (χ2n) is 9.80. The lowest BCUT2D eigenvalue weighted by Gasteiger charge is -2.40.